The molecule has 6 nitrogen and oxygen atoms in total. The van der Waals surface area contributed by atoms with Crippen LogP contribution >= 0.6 is 0 Å². The number of anilines is 2. The maximum Gasteiger partial charge on any atom is 0.328 e. The van der Waals surface area contributed by atoms with Crippen molar-refractivity contribution >= 4 is 23.2 Å². The van der Waals surface area contributed by atoms with Gasteiger partial charge in [0.1, 0.15) is 5.78 Å². The van der Waals surface area contributed by atoms with Gasteiger partial charge in [-0.05, 0) is 31.2 Å². The van der Waals surface area contributed by atoms with Gasteiger partial charge in [-0.3, -0.25) is 24.6 Å². The van der Waals surface area contributed by atoms with E-state index in [0.717, 1.165) is 0 Å². The first-order valence-corrected chi connectivity index (χ1v) is 6.94. The first-order chi connectivity index (χ1) is 10.6. The van der Waals surface area contributed by atoms with Crippen LogP contribution in [0.4, 0.5) is 16.2 Å². The molecule has 6 heteroatoms. The molecule has 2 heterocycles. The fraction of sp³-hybridized carbons (Fsp3) is 0.250. The zero-order chi connectivity index (χ0) is 15.9. The summed E-state index contributed by atoms with van der Waals surface area (Å²) in [5.74, 6) is 0.0331. The SMILES string of the molecule is CC(=O)CCN(C(=O)N(C)c1cccnc1)c1cccnc1. The Hall–Kier alpha value is -2.76. The second-order valence-corrected chi connectivity index (χ2v) is 4.87. The summed E-state index contributed by atoms with van der Waals surface area (Å²) in [4.78, 5) is 35.1. The molecule has 2 aromatic heterocycles. The molecule has 0 saturated carbocycles. The van der Waals surface area contributed by atoms with Gasteiger partial charge in [0.15, 0.2) is 0 Å². The molecular weight excluding hydrogens is 280 g/mol. The number of rotatable bonds is 5. The highest BCUT2D eigenvalue weighted by Gasteiger charge is 2.21. The van der Waals surface area contributed by atoms with Crippen LogP contribution in [0.2, 0.25) is 0 Å². The summed E-state index contributed by atoms with van der Waals surface area (Å²) in [6.07, 6.45) is 6.80. The monoisotopic (exact) mass is 298 g/mol. The van der Waals surface area contributed by atoms with E-state index >= 15 is 0 Å². The molecule has 2 rings (SSSR count). The molecule has 22 heavy (non-hydrogen) atoms. The van der Waals surface area contributed by atoms with Gasteiger partial charge in [0.2, 0.25) is 0 Å². The van der Waals surface area contributed by atoms with E-state index in [9.17, 15) is 9.59 Å². The zero-order valence-corrected chi connectivity index (χ0v) is 12.6. The number of ketones is 1. The molecule has 0 aliphatic carbocycles. The summed E-state index contributed by atoms with van der Waals surface area (Å²) < 4.78 is 0. The molecule has 0 N–H and O–H groups in total. The molecule has 0 aromatic carbocycles. The molecule has 0 atom stereocenters. The van der Waals surface area contributed by atoms with Gasteiger partial charge in [-0.2, -0.15) is 0 Å². The van der Waals surface area contributed by atoms with Crippen LogP contribution in [0.15, 0.2) is 49.1 Å². The lowest BCUT2D eigenvalue weighted by Crippen LogP contribution is -2.42. The zero-order valence-electron chi connectivity index (χ0n) is 12.6. The third-order valence-electron chi connectivity index (χ3n) is 3.20. The average Bonchev–Trinajstić information content (AvgIpc) is 2.55. The predicted molar refractivity (Wildman–Crippen MR) is 84.9 cm³/mol. The van der Waals surface area contributed by atoms with Crippen molar-refractivity contribution in [1.82, 2.24) is 9.97 Å². The van der Waals surface area contributed by atoms with E-state index in [1.807, 2.05) is 0 Å². The van der Waals surface area contributed by atoms with Crippen molar-refractivity contribution in [2.75, 3.05) is 23.4 Å². The number of amides is 2. The van der Waals surface area contributed by atoms with Crippen molar-refractivity contribution in [3.05, 3.63) is 49.1 Å². The van der Waals surface area contributed by atoms with Gasteiger partial charge in [-0.25, -0.2) is 4.79 Å². The minimum absolute atomic E-state index is 0.0331. The van der Waals surface area contributed by atoms with E-state index < -0.39 is 0 Å². The fourth-order valence-electron chi connectivity index (χ4n) is 1.96. The quantitative estimate of drug-likeness (QED) is 0.850. The number of carbonyl (C=O) groups is 2. The smallest absolute Gasteiger partial charge is 0.300 e. The lowest BCUT2D eigenvalue weighted by Gasteiger charge is -2.27. The van der Waals surface area contributed by atoms with Crippen molar-refractivity contribution in [1.29, 1.82) is 0 Å². The number of nitrogens with zero attached hydrogens (tertiary/aromatic N) is 4. The van der Waals surface area contributed by atoms with Crippen LogP contribution in [0.25, 0.3) is 0 Å². The highest BCUT2D eigenvalue weighted by Crippen LogP contribution is 2.18. The number of urea groups is 1. The van der Waals surface area contributed by atoms with Crippen LogP contribution in [0.5, 0.6) is 0 Å². The number of aromatic nitrogens is 2. The molecule has 0 fully saturated rings. The molecule has 2 aromatic rings. The van der Waals surface area contributed by atoms with Crippen LogP contribution < -0.4 is 9.80 Å². The van der Waals surface area contributed by atoms with Crippen LogP contribution in [0, 0.1) is 0 Å². The Morgan fingerprint density at radius 3 is 2.14 bits per heavy atom. The van der Waals surface area contributed by atoms with Crippen molar-refractivity contribution in [2.45, 2.75) is 13.3 Å². The van der Waals surface area contributed by atoms with Gasteiger partial charge in [-0.1, -0.05) is 0 Å². The molecule has 0 spiro atoms. The van der Waals surface area contributed by atoms with Gasteiger partial charge in [0, 0.05) is 32.4 Å². The van der Waals surface area contributed by atoms with E-state index in [2.05, 4.69) is 9.97 Å². The molecule has 0 bridgehead atoms. The Kier molecular flexibility index (Phi) is 5.19. The number of Topliss-reactive ketones (excluding diaryl/α,β-unsaturated/α-hetero) is 1. The summed E-state index contributed by atoms with van der Waals surface area (Å²) in [6, 6.07) is 6.89. The van der Waals surface area contributed by atoms with E-state index in [4.69, 9.17) is 0 Å². The Labute approximate surface area is 129 Å². The Morgan fingerprint density at radius 2 is 1.64 bits per heavy atom. The van der Waals surface area contributed by atoms with Crippen molar-refractivity contribution < 1.29 is 9.59 Å². The van der Waals surface area contributed by atoms with Gasteiger partial charge in [-0.15, -0.1) is 0 Å². The Morgan fingerprint density at radius 1 is 1.05 bits per heavy atom. The normalized spacial score (nSPS) is 10.1. The van der Waals surface area contributed by atoms with Gasteiger partial charge in [0.25, 0.3) is 0 Å². The standard InChI is InChI=1S/C16H18N4O2/c1-13(21)7-10-20(15-6-4-9-18-12-15)16(22)19(2)14-5-3-8-17-11-14/h3-6,8-9,11-12H,7,10H2,1-2H3. The molecule has 0 aliphatic rings. The number of pyridine rings is 2. The first-order valence-electron chi connectivity index (χ1n) is 6.94. The number of carbonyl (C=O) groups excluding carboxylic acids is 2. The van der Waals surface area contributed by atoms with Gasteiger partial charge < -0.3 is 0 Å². The van der Waals surface area contributed by atoms with E-state index in [1.165, 1.54) is 11.8 Å². The summed E-state index contributed by atoms with van der Waals surface area (Å²) in [7, 11) is 1.68. The first kappa shape index (κ1) is 15.6. The third-order valence-corrected chi connectivity index (χ3v) is 3.20. The minimum atomic E-state index is -0.234. The van der Waals surface area contributed by atoms with E-state index in [-0.39, 0.29) is 11.8 Å². The Bertz CT molecular complexity index is 631. The highest BCUT2D eigenvalue weighted by molar-refractivity contribution is 6.03. The minimum Gasteiger partial charge on any atom is -0.300 e. The summed E-state index contributed by atoms with van der Waals surface area (Å²) >= 11 is 0. The molecular formula is C16H18N4O2. The summed E-state index contributed by atoms with van der Waals surface area (Å²) in [6.45, 7) is 1.82. The van der Waals surface area contributed by atoms with Crippen LogP contribution in [-0.2, 0) is 4.79 Å². The lowest BCUT2D eigenvalue weighted by molar-refractivity contribution is -0.116. The lowest BCUT2D eigenvalue weighted by atomic mass is 10.2. The second kappa shape index (κ2) is 7.31. The van der Waals surface area contributed by atoms with Gasteiger partial charge in [0.05, 0.1) is 23.8 Å². The summed E-state index contributed by atoms with van der Waals surface area (Å²) in [5.41, 5.74) is 1.34. The topological polar surface area (TPSA) is 66.4 Å². The van der Waals surface area contributed by atoms with Gasteiger partial charge >= 0.3 is 6.03 Å². The molecule has 114 valence electrons. The largest absolute Gasteiger partial charge is 0.328 e. The van der Waals surface area contributed by atoms with E-state index in [1.54, 1.807) is 61.0 Å². The maximum absolute atomic E-state index is 12.7. The van der Waals surface area contributed by atoms with Crippen molar-refractivity contribution in [2.24, 2.45) is 0 Å². The summed E-state index contributed by atoms with van der Waals surface area (Å²) in [5, 5.41) is 0. The Balaban J connectivity index is 2.24. The average molecular weight is 298 g/mol. The number of hydrogen-bond donors (Lipinski definition) is 0. The molecule has 0 radical (unpaired) electrons. The molecule has 0 saturated heterocycles. The van der Waals surface area contributed by atoms with Crippen LogP contribution in [-0.4, -0.2) is 35.4 Å². The van der Waals surface area contributed by atoms with Crippen LogP contribution in [0.3, 0.4) is 0 Å². The van der Waals surface area contributed by atoms with Crippen molar-refractivity contribution in [3.63, 3.8) is 0 Å². The molecule has 2 amide bonds. The maximum atomic E-state index is 12.7. The third kappa shape index (κ3) is 3.88. The predicted octanol–water partition coefficient (Wildman–Crippen LogP) is 2.52. The number of hydrogen-bond acceptors (Lipinski definition) is 4. The van der Waals surface area contributed by atoms with Crippen molar-refractivity contribution in [3.8, 4) is 0 Å². The fourth-order valence-corrected chi connectivity index (χ4v) is 1.96. The molecule has 0 unspecified atom stereocenters. The molecule has 0 aliphatic heterocycles. The second-order valence-electron chi connectivity index (χ2n) is 4.87. The highest BCUT2D eigenvalue weighted by atomic mass is 16.2. The van der Waals surface area contributed by atoms with Crippen LogP contribution in [0.1, 0.15) is 13.3 Å². The van der Waals surface area contributed by atoms with E-state index in [0.29, 0.717) is 24.3 Å².